The molecule has 1 rings (SSSR count). The highest BCUT2D eigenvalue weighted by molar-refractivity contribution is 4.87. The molecule has 0 aliphatic carbocycles. The highest BCUT2D eigenvalue weighted by Gasteiger charge is 2.32. The van der Waals surface area contributed by atoms with Gasteiger partial charge in [0, 0.05) is 19.1 Å². The quantitative estimate of drug-likeness (QED) is 0.718. The predicted octanol–water partition coefficient (Wildman–Crippen LogP) is 2.89. The molecule has 0 radical (unpaired) electrons. The molecule has 1 N–H and O–H groups in total. The lowest BCUT2D eigenvalue weighted by Gasteiger charge is -2.38. The van der Waals surface area contributed by atoms with Gasteiger partial charge in [-0.3, -0.25) is 4.90 Å². The van der Waals surface area contributed by atoms with Gasteiger partial charge in [-0.25, -0.2) is 0 Å². The molecule has 2 nitrogen and oxygen atoms in total. The molecule has 0 bridgehead atoms. The predicted molar refractivity (Wildman–Crippen MR) is 71.8 cm³/mol. The summed E-state index contributed by atoms with van der Waals surface area (Å²) in [5, 5.41) is 3.39. The minimum atomic E-state index is 0.493. The van der Waals surface area contributed by atoms with Crippen LogP contribution in [0.1, 0.15) is 52.9 Å². The first-order valence-electron chi connectivity index (χ1n) is 7.10. The molecule has 0 amide bonds. The first-order chi connectivity index (χ1) is 7.71. The van der Waals surface area contributed by atoms with Gasteiger partial charge in [-0.2, -0.15) is 0 Å². The van der Waals surface area contributed by atoms with E-state index < -0.39 is 0 Å². The number of nitrogens with one attached hydrogen (secondary N) is 1. The van der Waals surface area contributed by atoms with Crippen LogP contribution in [0.5, 0.6) is 0 Å². The van der Waals surface area contributed by atoms with E-state index >= 15 is 0 Å². The molecule has 96 valence electrons. The van der Waals surface area contributed by atoms with E-state index in [9.17, 15) is 0 Å². The third-order valence-corrected chi connectivity index (χ3v) is 4.56. The van der Waals surface area contributed by atoms with Crippen LogP contribution in [0.4, 0.5) is 0 Å². The zero-order chi connectivity index (χ0) is 12.0. The lowest BCUT2D eigenvalue weighted by molar-refractivity contribution is 0.125. The van der Waals surface area contributed by atoms with Gasteiger partial charge in [0.2, 0.25) is 0 Å². The Morgan fingerprint density at radius 2 is 1.94 bits per heavy atom. The molecule has 0 saturated carbocycles. The van der Waals surface area contributed by atoms with Crippen molar-refractivity contribution in [2.75, 3.05) is 26.7 Å². The second-order valence-corrected chi connectivity index (χ2v) is 5.41. The molecule has 0 aromatic carbocycles. The fourth-order valence-electron chi connectivity index (χ4n) is 3.15. The molecule has 2 heteroatoms. The highest BCUT2D eigenvalue weighted by atomic mass is 15.2. The third-order valence-electron chi connectivity index (χ3n) is 4.56. The van der Waals surface area contributed by atoms with Crippen LogP contribution in [0.2, 0.25) is 0 Å². The SMILES string of the molecule is CCC1CCCN1CC(CC)(CC)CNC. The second kappa shape index (κ2) is 6.61. The molecule has 16 heavy (non-hydrogen) atoms. The van der Waals surface area contributed by atoms with Crippen LogP contribution in [0.25, 0.3) is 0 Å². The average molecular weight is 226 g/mol. The lowest BCUT2D eigenvalue weighted by Crippen LogP contribution is -2.44. The van der Waals surface area contributed by atoms with Crippen LogP contribution >= 0.6 is 0 Å². The van der Waals surface area contributed by atoms with Crippen molar-refractivity contribution in [3.8, 4) is 0 Å². The topological polar surface area (TPSA) is 15.3 Å². The standard InChI is InChI=1S/C14H30N2/c1-5-13-9-8-10-16(13)12-14(6-2,7-3)11-15-4/h13,15H,5-12H2,1-4H3. The number of rotatable bonds is 7. The first-order valence-corrected chi connectivity index (χ1v) is 7.10. The van der Waals surface area contributed by atoms with Gasteiger partial charge in [0.15, 0.2) is 0 Å². The van der Waals surface area contributed by atoms with Crippen LogP contribution in [0.3, 0.4) is 0 Å². The maximum atomic E-state index is 3.39. The van der Waals surface area contributed by atoms with Crippen LogP contribution < -0.4 is 5.32 Å². The Hall–Kier alpha value is -0.0800. The van der Waals surface area contributed by atoms with E-state index in [1.165, 1.54) is 45.2 Å². The van der Waals surface area contributed by atoms with E-state index in [1.54, 1.807) is 0 Å². The molecule has 1 saturated heterocycles. The van der Waals surface area contributed by atoms with Gasteiger partial charge in [0.1, 0.15) is 0 Å². The van der Waals surface area contributed by atoms with Crippen molar-refractivity contribution < 1.29 is 0 Å². The van der Waals surface area contributed by atoms with Gasteiger partial charge in [0.25, 0.3) is 0 Å². The fraction of sp³-hybridized carbons (Fsp3) is 1.00. The molecule has 1 aliphatic heterocycles. The van der Waals surface area contributed by atoms with Gasteiger partial charge < -0.3 is 5.32 Å². The molecular formula is C14H30N2. The van der Waals surface area contributed by atoms with Crippen molar-refractivity contribution in [3.63, 3.8) is 0 Å². The number of nitrogens with zero attached hydrogens (tertiary/aromatic N) is 1. The summed E-state index contributed by atoms with van der Waals surface area (Å²) in [5.41, 5.74) is 0.493. The average Bonchev–Trinajstić information content (AvgIpc) is 2.75. The molecule has 1 unspecified atom stereocenters. The Bertz CT molecular complexity index is 187. The summed E-state index contributed by atoms with van der Waals surface area (Å²) in [6.45, 7) is 10.8. The third kappa shape index (κ3) is 3.21. The Kier molecular flexibility index (Phi) is 5.77. The fourth-order valence-corrected chi connectivity index (χ4v) is 3.15. The van der Waals surface area contributed by atoms with Gasteiger partial charge in [0.05, 0.1) is 0 Å². The summed E-state index contributed by atoms with van der Waals surface area (Å²) in [7, 11) is 2.08. The largest absolute Gasteiger partial charge is 0.319 e. The molecule has 1 aliphatic rings. The lowest BCUT2D eigenvalue weighted by atomic mass is 9.81. The van der Waals surface area contributed by atoms with Crippen LogP contribution in [0.15, 0.2) is 0 Å². The maximum absolute atomic E-state index is 3.39. The summed E-state index contributed by atoms with van der Waals surface area (Å²) in [5.74, 6) is 0. The van der Waals surface area contributed by atoms with Crippen molar-refractivity contribution in [1.82, 2.24) is 10.2 Å². The van der Waals surface area contributed by atoms with Crippen LogP contribution in [-0.2, 0) is 0 Å². The van der Waals surface area contributed by atoms with Crippen LogP contribution in [-0.4, -0.2) is 37.6 Å². The molecule has 1 atom stereocenters. The van der Waals surface area contributed by atoms with E-state index in [0.29, 0.717) is 5.41 Å². The minimum Gasteiger partial charge on any atom is -0.319 e. The minimum absolute atomic E-state index is 0.493. The number of hydrogen-bond acceptors (Lipinski definition) is 2. The summed E-state index contributed by atoms with van der Waals surface area (Å²) >= 11 is 0. The summed E-state index contributed by atoms with van der Waals surface area (Å²) in [6, 6.07) is 0.856. The Balaban J connectivity index is 2.59. The molecule has 0 spiro atoms. The van der Waals surface area contributed by atoms with E-state index in [-0.39, 0.29) is 0 Å². The number of hydrogen-bond donors (Lipinski definition) is 1. The smallest absolute Gasteiger partial charge is 0.00933 e. The zero-order valence-corrected chi connectivity index (χ0v) is 11.7. The molecule has 1 fully saturated rings. The van der Waals surface area contributed by atoms with Crippen molar-refractivity contribution in [2.24, 2.45) is 5.41 Å². The molecule has 0 aromatic rings. The maximum Gasteiger partial charge on any atom is 0.00933 e. The van der Waals surface area contributed by atoms with Gasteiger partial charge in [-0.15, -0.1) is 0 Å². The Labute approximate surface area is 102 Å². The van der Waals surface area contributed by atoms with Crippen molar-refractivity contribution in [2.45, 2.75) is 58.9 Å². The Morgan fingerprint density at radius 1 is 1.25 bits per heavy atom. The van der Waals surface area contributed by atoms with Gasteiger partial charge in [-0.05, 0) is 51.1 Å². The molecule has 0 aromatic heterocycles. The highest BCUT2D eigenvalue weighted by Crippen LogP contribution is 2.31. The summed E-state index contributed by atoms with van der Waals surface area (Å²) < 4.78 is 0. The van der Waals surface area contributed by atoms with Crippen molar-refractivity contribution in [1.29, 1.82) is 0 Å². The van der Waals surface area contributed by atoms with Crippen molar-refractivity contribution in [3.05, 3.63) is 0 Å². The number of likely N-dealkylation sites (tertiary alicyclic amines) is 1. The zero-order valence-electron chi connectivity index (χ0n) is 11.7. The van der Waals surface area contributed by atoms with E-state index in [1.807, 2.05) is 0 Å². The van der Waals surface area contributed by atoms with Gasteiger partial charge in [-0.1, -0.05) is 20.8 Å². The normalized spacial score (nSPS) is 22.9. The summed E-state index contributed by atoms with van der Waals surface area (Å²) in [4.78, 5) is 2.74. The second-order valence-electron chi connectivity index (χ2n) is 5.41. The first kappa shape index (κ1) is 14.0. The molecular weight excluding hydrogens is 196 g/mol. The van der Waals surface area contributed by atoms with E-state index in [0.717, 1.165) is 12.6 Å². The van der Waals surface area contributed by atoms with Gasteiger partial charge >= 0.3 is 0 Å². The van der Waals surface area contributed by atoms with E-state index in [4.69, 9.17) is 0 Å². The Morgan fingerprint density at radius 3 is 2.44 bits per heavy atom. The molecule has 1 heterocycles. The van der Waals surface area contributed by atoms with Crippen LogP contribution in [0, 0.1) is 5.41 Å². The van der Waals surface area contributed by atoms with Crippen molar-refractivity contribution >= 4 is 0 Å². The summed E-state index contributed by atoms with van der Waals surface area (Å²) in [6.07, 6.45) is 6.72. The monoisotopic (exact) mass is 226 g/mol. The van der Waals surface area contributed by atoms with E-state index in [2.05, 4.69) is 38.0 Å².